The molecule has 1 aliphatic rings. The van der Waals surface area contributed by atoms with Crippen LogP contribution in [-0.4, -0.2) is 12.1 Å². The number of hydrogen-bond donors (Lipinski definition) is 2. The first-order chi connectivity index (χ1) is 6.43. The molecule has 0 aromatic heterocycles. The van der Waals surface area contributed by atoms with Gasteiger partial charge in [-0.3, -0.25) is 4.79 Å². The summed E-state index contributed by atoms with van der Waals surface area (Å²) in [4.78, 5) is 16.4. The minimum atomic E-state index is -0.198. The Morgan fingerprint density at radius 2 is 2.29 bits per heavy atom. The van der Waals surface area contributed by atoms with Gasteiger partial charge in [-0.1, -0.05) is 27.7 Å². The first-order valence-electron chi connectivity index (χ1n) is 4.87. The second-order valence-corrected chi connectivity index (χ2v) is 4.40. The highest BCUT2D eigenvalue weighted by Gasteiger charge is 2.26. The third-order valence-corrected chi connectivity index (χ3v) is 1.99. The maximum atomic E-state index is 11.1. The fourth-order valence-corrected chi connectivity index (χ4v) is 1.10. The highest BCUT2D eigenvalue weighted by atomic mass is 16.7. The van der Waals surface area contributed by atoms with E-state index < -0.39 is 0 Å². The van der Waals surface area contributed by atoms with E-state index in [2.05, 4.69) is 31.6 Å². The lowest BCUT2D eigenvalue weighted by atomic mass is 9.94. The lowest BCUT2D eigenvalue weighted by Gasteiger charge is -2.17. The molecule has 1 atom stereocenters. The first-order valence-corrected chi connectivity index (χ1v) is 4.87. The molecule has 1 aliphatic heterocycles. The molecule has 80 valence electrons. The fourth-order valence-electron chi connectivity index (χ4n) is 1.10. The maximum Gasteiger partial charge on any atom is 0.221 e. The SMILES string of the molecule is CCC(=O)NC1C=C(C(C)(C)C)ON1. The molecule has 0 saturated heterocycles. The second kappa shape index (κ2) is 4.00. The molecule has 0 bridgehead atoms. The molecule has 14 heavy (non-hydrogen) atoms. The summed E-state index contributed by atoms with van der Waals surface area (Å²) in [5, 5.41) is 2.78. The summed E-state index contributed by atoms with van der Waals surface area (Å²) in [5.74, 6) is 0.872. The Hall–Kier alpha value is -1.03. The topological polar surface area (TPSA) is 50.4 Å². The molecular formula is C10H18N2O2. The van der Waals surface area contributed by atoms with Gasteiger partial charge >= 0.3 is 0 Å². The van der Waals surface area contributed by atoms with Crippen LogP contribution in [0.4, 0.5) is 0 Å². The number of amides is 1. The lowest BCUT2D eigenvalue weighted by molar-refractivity contribution is -0.121. The lowest BCUT2D eigenvalue weighted by Crippen LogP contribution is -2.40. The highest BCUT2D eigenvalue weighted by molar-refractivity contribution is 5.76. The summed E-state index contributed by atoms with van der Waals surface area (Å²) in [5.41, 5.74) is 2.72. The molecule has 4 heteroatoms. The van der Waals surface area contributed by atoms with Crippen LogP contribution in [0, 0.1) is 5.41 Å². The minimum Gasteiger partial charge on any atom is -0.410 e. The zero-order valence-electron chi connectivity index (χ0n) is 9.18. The monoisotopic (exact) mass is 198 g/mol. The van der Waals surface area contributed by atoms with Crippen LogP contribution in [-0.2, 0) is 9.63 Å². The van der Waals surface area contributed by atoms with Crippen molar-refractivity contribution in [3.05, 3.63) is 11.8 Å². The van der Waals surface area contributed by atoms with E-state index in [1.54, 1.807) is 0 Å². The van der Waals surface area contributed by atoms with Gasteiger partial charge in [0.05, 0.1) is 0 Å². The highest BCUT2D eigenvalue weighted by Crippen LogP contribution is 2.27. The van der Waals surface area contributed by atoms with Crippen molar-refractivity contribution in [1.29, 1.82) is 0 Å². The second-order valence-electron chi connectivity index (χ2n) is 4.40. The van der Waals surface area contributed by atoms with Crippen molar-refractivity contribution in [1.82, 2.24) is 10.8 Å². The number of carbonyl (C=O) groups excluding carboxylic acids is 1. The average molecular weight is 198 g/mol. The standard InChI is InChI=1S/C10H18N2O2/c1-5-9(13)11-8-6-7(14-12-8)10(2,3)4/h6,8,12H,5H2,1-4H3,(H,11,13). The van der Waals surface area contributed by atoms with Gasteiger partial charge in [0.15, 0.2) is 0 Å². The molecule has 0 saturated carbocycles. The van der Waals surface area contributed by atoms with E-state index in [1.807, 2.05) is 13.0 Å². The molecule has 0 radical (unpaired) electrons. The molecule has 0 aromatic rings. The molecule has 1 unspecified atom stereocenters. The Morgan fingerprint density at radius 3 is 2.71 bits per heavy atom. The third kappa shape index (κ3) is 2.73. The van der Waals surface area contributed by atoms with Crippen LogP contribution < -0.4 is 10.8 Å². The van der Waals surface area contributed by atoms with Crippen LogP contribution >= 0.6 is 0 Å². The normalized spacial score (nSPS) is 21.4. The van der Waals surface area contributed by atoms with E-state index in [0.29, 0.717) is 6.42 Å². The first kappa shape index (κ1) is 11.0. The van der Waals surface area contributed by atoms with Gasteiger partial charge in [0.25, 0.3) is 0 Å². The molecule has 2 N–H and O–H groups in total. The van der Waals surface area contributed by atoms with Gasteiger partial charge in [-0.25, -0.2) is 0 Å². The van der Waals surface area contributed by atoms with Gasteiger partial charge in [-0.05, 0) is 6.08 Å². The van der Waals surface area contributed by atoms with Crippen LogP contribution in [0.1, 0.15) is 34.1 Å². The summed E-state index contributed by atoms with van der Waals surface area (Å²) in [6.07, 6.45) is 2.18. The molecule has 1 heterocycles. The van der Waals surface area contributed by atoms with Gasteiger partial charge in [0.1, 0.15) is 11.9 Å². The van der Waals surface area contributed by atoms with Gasteiger partial charge in [-0.15, -0.1) is 5.48 Å². The van der Waals surface area contributed by atoms with Crippen molar-refractivity contribution in [2.75, 3.05) is 0 Å². The number of rotatable bonds is 2. The predicted molar refractivity (Wildman–Crippen MR) is 54.0 cm³/mol. The van der Waals surface area contributed by atoms with E-state index in [9.17, 15) is 4.79 Å². The van der Waals surface area contributed by atoms with Crippen molar-refractivity contribution in [2.45, 2.75) is 40.3 Å². The van der Waals surface area contributed by atoms with Crippen molar-refractivity contribution < 1.29 is 9.63 Å². The minimum absolute atomic E-state index is 0.0116. The van der Waals surface area contributed by atoms with E-state index in [0.717, 1.165) is 5.76 Å². The Morgan fingerprint density at radius 1 is 1.64 bits per heavy atom. The van der Waals surface area contributed by atoms with Crippen molar-refractivity contribution in [3.63, 3.8) is 0 Å². The number of nitrogens with one attached hydrogen (secondary N) is 2. The summed E-state index contributed by atoms with van der Waals surface area (Å²) in [7, 11) is 0. The van der Waals surface area contributed by atoms with Crippen LogP contribution in [0.15, 0.2) is 11.8 Å². The molecule has 1 rings (SSSR count). The average Bonchev–Trinajstić information content (AvgIpc) is 2.51. The van der Waals surface area contributed by atoms with Crippen LogP contribution in [0.2, 0.25) is 0 Å². The smallest absolute Gasteiger partial charge is 0.221 e. The summed E-state index contributed by atoms with van der Waals surface area (Å²) in [6, 6.07) is 0. The summed E-state index contributed by atoms with van der Waals surface area (Å²) in [6.45, 7) is 8.00. The van der Waals surface area contributed by atoms with Gasteiger partial charge in [0, 0.05) is 11.8 Å². The molecule has 0 spiro atoms. The zero-order valence-corrected chi connectivity index (χ0v) is 9.18. The van der Waals surface area contributed by atoms with Crippen LogP contribution in [0.25, 0.3) is 0 Å². The molecule has 0 fully saturated rings. The molecule has 0 aromatic carbocycles. The number of allylic oxidation sites excluding steroid dienone is 1. The summed E-state index contributed by atoms with van der Waals surface area (Å²) >= 11 is 0. The largest absolute Gasteiger partial charge is 0.410 e. The molecule has 4 nitrogen and oxygen atoms in total. The maximum absolute atomic E-state index is 11.1. The van der Waals surface area contributed by atoms with E-state index in [-0.39, 0.29) is 17.5 Å². The predicted octanol–water partition coefficient (Wildman–Crippen LogP) is 1.30. The van der Waals surface area contributed by atoms with Gasteiger partial charge in [0.2, 0.25) is 5.91 Å². The van der Waals surface area contributed by atoms with Crippen LogP contribution in [0.5, 0.6) is 0 Å². The van der Waals surface area contributed by atoms with Gasteiger partial charge in [-0.2, -0.15) is 0 Å². The number of hydrogen-bond acceptors (Lipinski definition) is 3. The Kier molecular flexibility index (Phi) is 3.16. The molecular weight excluding hydrogens is 180 g/mol. The quantitative estimate of drug-likeness (QED) is 0.703. The van der Waals surface area contributed by atoms with Crippen molar-refractivity contribution >= 4 is 5.91 Å². The van der Waals surface area contributed by atoms with Crippen molar-refractivity contribution in [3.8, 4) is 0 Å². The Bertz CT molecular complexity index is 253. The van der Waals surface area contributed by atoms with E-state index in [1.165, 1.54) is 0 Å². The third-order valence-electron chi connectivity index (χ3n) is 1.99. The molecule has 1 amide bonds. The number of hydroxylamine groups is 1. The number of carbonyl (C=O) groups is 1. The summed E-state index contributed by atoms with van der Waals surface area (Å²) < 4.78 is 0. The zero-order chi connectivity index (χ0) is 10.8. The molecule has 0 aliphatic carbocycles. The van der Waals surface area contributed by atoms with E-state index >= 15 is 0 Å². The fraction of sp³-hybridized carbons (Fsp3) is 0.700. The van der Waals surface area contributed by atoms with Crippen LogP contribution in [0.3, 0.4) is 0 Å². The van der Waals surface area contributed by atoms with Crippen molar-refractivity contribution in [2.24, 2.45) is 5.41 Å². The Labute approximate surface area is 84.7 Å². The van der Waals surface area contributed by atoms with Gasteiger partial charge < -0.3 is 10.2 Å². The van der Waals surface area contributed by atoms with E-state index in [4.69, 9.17) is 4.84 Å². The Balaban J connectivity index is 2.54.